The van der Waals surface area contributed by atoms with Crippen molar-refractivity contribution in [2.45, 2.75) is 13.0 Å². The molecule has 8 nitrogen and oxygen atoms in total. The molecule has 1 amide bonds. The van der Waals surface area contributed by atoms with Gasteiger partial charge in [0.15, 0.2) is 0 Å². The van der Waals surface area contributed by atoms with E-state index in [1.54, 1.807) is 42.6 Å². The molecule has 0 aliphatic rings. The van der Waals surface area contributed by atoms with E-state index in [0.29, 0.717) is 17.0 Å². The number of carbonyl (C=O) groups is 1. The van der Waals surface area contributed by atoms with Crippen molar-refractivity contribution in [1.82, 2.24) is 24.6 Å². The second-order valence-corrected chi connectivity index (χ2v) is 7.78. The summed E-state index contributed by atoms with van der Waals surface area (Å²) in [6.07, 6.45) is 2.06. The molecule has 0 unspecified atom stereocenters. The molecule has 2 aromatic carbocycles. The van der Waals surface area contributed by atoms with Crippen LogP contribution in [0, 0.1) is 5.82 Å². The Kier molecular flexibility index (Phi) is 6.93. The molecule has 2 aromatic heterocycles. The summed E-state index contributed by atoms with van der Waals surface area (Å²) in [7, 11) is 0. The van der Waals surface area contributed by atoms with Crippen molar-refractivity contribution in [2.24, 2.45) is 0 Å². The minimum absolute atomic E-state index is 0.177. The van der Waals surface area contributed by atoms with Crippen molar-refractivity contribution in [3.05, 3.63) is 122 Å². The van der Waals surface area contributed by atoms with Gasteiger partial charge < -0.3 is 5.32 Å². The molecule has 172 valence electrons. The lowest BCUT2D eigenvalue weighted by molar-refractivity contribution is 0.0944. The van der Waals surface area contributed by atoms with E-state index in [0.717, 1.165) is 21.0 Å². The van der Waals surface area contributed by atoms with Crippen LogP contribution in [0.25, 0.3) is 5.69 Å². The maximum Gasteiger partial charge on any atom is 0.352 e. The van der Waals surface area contributed by atoms with Gasteiger partial charge in [-0.15, -0.1) is 0 Å². The van der Waals surface area contributed by atoms with E-state index in [-0.39, 0.29) is 18.8 Å². The lowest BCUT2D eigenvalue weighted by Crippen LogP contribution is -2.46. The molecule has 34 heavy (non-hydrogen) atoms. The second-order valence-electron chi connectivity index (χ2n) is 7.34. The van der Waals surface area contributed by atoms with Crippen LogP contribution in [0.15, 0.2) is 82.5 Å². The first-order valence-corrected chi connectivity index (χ1v) is 10.7. The predicted octanol–water partition coefficient (Wildman–Crippen LogP) is 2.60. The van der Waals surface area contributed by atoms with Crippen LogP contribution in [0.5, 0.6) is 0 Å². The molecule has 0 aliphatic carbocycles. The molecule has 0 atom stereocenters. The van der Waals surface area contributed by atoms with Crippen LogP contribution >= 0.6 is 11.6 Å². The fraction of sp³-hybridized carbons (Fsp3) is 0.125. The Bertz CT molecular complexity index is 1450. The van der Waals surface area contributed by atoms with Gasteiger partial charge in [0.25, 0.3) is 11.5 Å². The van der Waals surface area contributed by atoms with Gasteiger partial charge in [0.05, 0.1) is 6.54 Å². The number of hydrogen-bond acceptors (Lipinski definition) is 5. The third-order valence-electron chi connectivity index (χ3n) is 4.98. The summed E-state index contributed by atoms with van der Waals surface area (Å²) in [5.74, 6) is -1.52. The summed E-state index contributed by atoms with van der Waals surface area (Å²) >= 11 is 6.03. The molecule has 4 rings (SSSR count). The van der Waals surface area contributed by atoms with Gasteiger partial charge in [-0.1, -0.05) is 41.9 Å². The van der Waals surface area contributed by atoms with E-state index >= 15 is 0 Å². The highest BCUT2D eigenvalue weighted by Gasteiger charge is 2.21. The minimum Gasteiger partial charge on any atom is -0.350 e. The van der Waals surface area contributed by atoms with Crippen LogP contribution in [-0.2, 0) is 13.0 Å². The summed E-state index contributed by atoms with van der Waals surface area (Å²) in [6, 6.07) is 17.5. The maximum atomic E-state index is 14.5. The number of hydrogen-bond donors (Lipinski definition) is 1. The summed E-state index contributed by atoms with van der Waals surface area (Å²) in [6.45, 7) is 0.00744. The van der Waals surface area contributed by atoms with Crippen LogP contribution in [0.2, 0.25) is 5.02 Å². The van der Waals surface area contributed by atoms with Crippen molar-refractivity contribution in [1.29, 1.82) is 0 Å². The van der Waals surface area contributed by atoms with Gasteiger partial charge >= 0.3 is 5.69 Å². The number of nitrogens with zero attached hydrogens (tertiary/aromatic N) is 4. The van der Waals surface area contributed by atoms with E-state index in [4.69, 9.17) is 11.6 Å². The number of aromatic nitrogens is 4. The highest BCUT2D eigenvalue weighted by molar-refractivity contribution is 6.30. The standard InChI is InChI=1S/C24H19ClFN5O3/c25-17-7-5-6-16(14-17)15-30-23(33)21(22(32)28-13-11-18-8-3-4-12-27-18)29-31(24(30)34)20-10-2-1-9-19(20)26/h1-10,12,14H,11,13,15H2,(H,28,32). The Labute approximate surface area is 198 Å². The van der Waals surface area contributed by atoms with Crippen molar-refractivity contribution in [2.75, 3.05) is 6.54 Å². The number of amides is 1. The van der Waals surface area contributed by atoms with Gasteiger partial charge in [0.1, 0.15) is 11.5 Å². The van der Waals surface area contributed by atoms with Crippen LogP contribution in [0.1, 0.15) is 21.7 Å². The van der Waals surface area contributed by atoms with E-state index < -0.39 is 28.7 Å². The van der Waals surface area contributed by atoms with Crippen LogP contribution in [-0.4, -0.2) is 31.8 Å². The molecular weight excluding hydrogens is 461 g/mol. The number of rotatable bonds is 7. The zero-order chi connectivity index (χ0) is 24.1. The summed E-state index contributed by atoms with van der Waals surface area (Å²) in [5.41, 5.74) is -1.20. The monoisotopic (exact) mass is 479 g/mol. The van der Waals surface area contributed by atoms with Gasteiger partial charge in [-0.05, 0) is 42.0 Å². The topological polar surface area (TPSA) is 98.9 Å². The smallest absolute Gasteiger partial charge is 0.350 e. The van der Waals surface area contributed by atoms with Gasteiger partial charge in [0, 0.05) is 29.9 Å². The fourth-order valence-electron chi connectivity index (χ4n) is 3.33. The summed E-state index contributed by atoms with van der Waals surface area (Å²) < 4.78 is 16.0. The number of pyridine rings is 1. The van der Waals surface area contributed by atoms with Gasteiger partial charge in [0.2, 0.25) is 5.69 Å². The Hall–Kier alpha value is -4.11. The zero-order valence-corrected chi connectivity index (χ0v) is 18.6. The molecule has 4 aromatic rings. The summed E-state index contributed by atoms with van der Waals surface area (Å²) in [5, 5.41) is 6.96. The molecule has 0 aliphatic heterocycles. The lowest BCUT2D eigenvalue weighted by atomic mass is 10.2. The van der Waals surface area contributed by atoms with Gasteiger partial charge in [-0.3, -0.25) is 19.1 Å². The molecule has 0 spiro atoms. The van der Waals surface area contributed by atoms with Crippen LogP contribution < -0.4 is 16.6 Å². The maximum absolute atomic E-state index is 14.5. The summed E-state index contributed by atoms with van der Waals surface area (Å²) in [4.78, 5) is 43.3. The molecule has 0 bridgehead atoms. The van der Waals surface area contributed by atoms with Crippen molar-refractivity contribution in [3.63, 3.8) is 0 Å². The van der Waals surface area contributed by atoms with Crippen LogP contribution in [0.3, 0.4) is 0 Å². The Morgan fingerprint density at radius 2 is 1.82 bits per heavy atom. The molecule has 0 radical (unpaired) electrons. The molecule has 0 saturated carbocycles. The first-order chi connectivity index (χ1) is 16.4. The van der Waals surface area contributed by atoms with Gasteiger partial charge in [-0.25, -0.2) is 9.18 Å². The average Bonchev–Trinajstić information content (AvgIpc) is 2.83. The normalized spacial score (nSPS) is 10.8. The molecular formula is C24H19ClFN5O3. The number of benzene rings is 2. The van der Waals surface area contributed by atoms with Crippen molar-refractivity contribution in [3.8, 4) is 5.69 Å². The quantitative estimate of drug-likeness (QED) is 0.439. The average molecular weight is 480 g/mol. The largest absolute Gasteiger partial charge is 0.352 e. The molecule has 10 heteroatoms. The first-order valence-electron chi connectivity index (χ1n) is 10.4. The van der Waals surface area contributed by atoms with E-state index in [2.05, 4.69) is 15.4 Å². The zero-order valence-electron chi connectivity index (χ0n) is 17.8. The second kappa shape index (κ2) is 10.2. The lowest BCUT2D eigenvalue weighted by Gasteiger charge is -2.13. The number of para-hydroxylation sites is 1. The van der Waals surface area contributed by atoms with Gasteiger partial charge in [-0.2, -0.15) is 9.78 Å². The Morgan fingerprint density at radius 3 is 2.56 bits per heavy atom. The molecule has 1 N–H and O–H groups in total. The molecule has 0 saturated heterocycles. The fourth-order valence-corrected chi connectivity index (χ4v) is 3.54. The third-order valence-corrected chi connectivity index (χ3v) is 5.21. The Balaban J connectivity index is 1.73. The van der Waals surface area contributed by atoms with Crippen molar-refractivity contribution >= 4 is 17.5 Å². The molecule has 2 heterocycles. The van der Waals surface area contributed by atoms with Crippen LogP contribution in [0.4, 0.5) is 4.39 Å². The Morgan fingerprint density at radius 1 is 1.03 bits per heavy atom. The highest BCUT2D eigenvalue weighted by Crippen LogP contribution is 2.12. The highest BCUT2D eigenvalue weighted by atomic mass is 35.5. The van der Waals surface area contributed by atoms with E-state index in [9.17, 15) is 18.8 Å². The van der Waals surface area contributed by atoms with E-state index in [1.165, 1.54) is 18.2 Å². The third kappa shape index (κ3) is 5.10. The minimum atomic E-state index is -0.895. The molecule has 0 fully saturated rings. The number of carbonyl (C=O) groups excluding carboxylic acids is 1. The van der Waals surface area contributed by atoms with E-state index in [1.807, 2.05) is 6.07 Å². The first kappa shape index (κ1) is 23.1. The van der Waals surface area contributed by atoms with Crippen molar-refractivity contribution < 1.29 is 9.18 Å². The predicted molar refractivity (Wildman–Crippen MR) is 125 cm³/mol. The SMILES string of the molecule is O=C(NCCc1ccccn1)c1nn(-c2ccccc2F)c(=O)n(Cc2cccc(Cl)c2)c1=O. The number of nitrogens with one attached hydrogen (secondary N) is 1. The number of halogens is 2.